The van der Waals surface area contributed by atoms with Crippen molar-refractivity contribution < 1.29 is 9.53 Å². The van der Waals surface area contributed by atoms with Crippen LogP contribution in [0, 0.1) is 17.2 Å². The minimum atomic E-state index is -0.0275. The molecule has 1 aliphatic heterocycles. The molecule has 0 aromatic carbocycles. The first kappa shape index (κ1) is 13.0. The Kier molecular flexibility index (Phi) is 4.67. The highest BCUT2D eigenvalue weighted by molar-refractivity contribution is 7.16. The fourth-order valence-corrected chi connectivity index (χ4v) is 2.57. The number of rotatable bonds is 4. The van der Waals surface area contributed by atoms with Crippen molar-refractivity contribution in [1.29, 1.82) is 5.26 Å². The van der Waals surface area contributed by atoms with E-state index < -0.39 is 0 Å². The Bertz CT molecular complexity index is 446. The molecule has 0 atom stereocenters. The molecule has 0 bridgehead atoms. The zero-order valence-corrected chi connectivity index (χ0v) is 10.8. The second-order valence-electron chi connectivity index (χ2n) is 4.28. The number of anilines is 1. The molecule has 0 aliphatic carbocycles. The standard InChI is InChI=1S/C12H15N3O2S/c13-7-10-8-14-12(18-10)15-11(16)2-1-9-3-5-17-6-4-9/h8-9H,1-6H2,(H,14,15,16). The summed E-state index contributed by atoms with van der Waals surface area (Å²) in [6, 6.07) is 2.00. The van der Waals surface area contributed by atoms with E-state index in [9.17, 15) is 4.79 Å². The van der Waals surface area contributed by atoms with Crippen molar-refractivity contribution in [3.05, 3.63) is 11.1 Å². The topological polar surface area (TPSA) is 75.0 Å². The van der Waals surface area contributed by atoms with Crippen LogP contribution in [-0.2, 0) is 9.53 Å². The van der Waals surface area contributed by atoms with Gasteiger partial charge in [0.2, 0.25) is 5.91 Å². The number of nitriles is 1. The molecule has 18 heavy (non-hydrogen) atoms. The summed E-state index contributed by atoms with van der Waals surface area (Å²) in [5, 5.41) is 11.9. The van der Waals surface area contributed by atoms with Gasteiger partial charge >= 0.3 is 0 Å². The summed E-state index contributed by atoms with van der Waals surface area (Å²) < 4.78 is 5.28. The Balaban J connectivity index is 1.73. The highest BCUT2D eigenvalue weighted by Gasteiger charge is 2.15. The first-order valence-corrected chi connectivity index (χ1v) is 6.83. The molecule has 1 saturated heterocycles. The van der Waals surface area contributed by atoms with Gasteiger partial charge in [-0.05, 0) is 25.2 Å². The monoisotopic (exact) mass is 265 g/mol. The van der Waals surface area contributed by atoms with Gasteiger partial charge in [-0.1, -0.05) is 11.3 Å². The van der Waals surface area contributed by atoms with Crippen LogP contribution in [0.2, 0.25) is 0 Å². The van der Waals surface area contributed by atoms with E-state index in [1.165, 1.54) is 17.5 Å². The average Bonchev–Trinajstić information content (AvgIpc) is 2.85. The molecule has 1 aliphatic rings. The molecule has 1 aromatic heterocycles. The van der Waals surface area contributed by atoms with E-state index in [1.54, 1.807) is 0 Å². The number of ether oxygens (including phenoxy) is 1. The summed E-state index contributed by atoms with van der Waals surface area (Å²) in [7, 11) is 0. The van der Waals surface area contributed by atoms with E-state index in [0.717, 1.165) is 32.5 Å². The lowest BCUT2D eigenvalue weighted by Gasteiger charge is -2.21. The molecule has 0 spiro atoms. The first-order chi connectivity index (χ1) is 8.78. The van der Waals surface area contributed by atoms with Gasteiger partial charge in [0, 0.05) is 19.6 Å². The van der Waals surface area contributed by atoms with Crippen LogP contribution in [0.3, 0.4) is 0 Å². The van der Waals surface area contributed by atoms with Crippen molar-refractivity contribution in [3.8, 4) is 6.07 Å². The molecule has 1 fully saturated rings. The fraction of sp³-hybridized carbons (Fsp3) is 0.583. The number of hydrogen-bond acceptors (Lipinski definition) is 5. The average molecular weight is 265 g/mol. The van der Waals surface area contributed by atoms with E-state index in [-0.39, 0.29) is 5.91 Å². The van der Waals surface area contributed by atoms with Gasteiger partial charge in [0.1, 0.15) is 10.9 Å². The van der Waals surface area contributed by atoms with Crippen molar-refractivity contribution >= 4 is 22.4 Å². The quantitative estimate of drug-likeness (QED) is 0.905. The fourth-order valence-electron chi connectivity index (χ4n) is 1.94. The Morgan fingerprint density at radius 1 is 1.61 bits per heavy atom. The Morgan fingerprint density at radius 2 is 2.39 bits per heavy atom. The molecule has 2 heterocycles. The van der Waals surface area contributed by atoms with Gasteiger partial charge in [0.25, 0.3) is 0 Å². The van der Waals surface area contributed by atoms with Gasteiger partial charge in [-0.2, -0.15) is 5.26 Å². The summed E-state index contributed by atoms with van der Waals surface area (Å²) in [5.74, 6) is 0.566. The normalized spacial score (nSPS) is 16.2. The van der Waals surface area contributed by atoms with Crippen molar-refractivity contribution in [2.45, 2.75) is 25.7 Å². The van der Waals surface area contributed by atoms with Gasteiger partial charge in [0.15, 0.2) is 5.13 Å². The minimum absolute atomic E-state index is 0.0275. The van der Waals surface area contributed by atoms with Crippen molar-refractivity contribution in [3.63, 3.8) is 0 Å². The third-order valence-corrected chi connectivity index (χ3v) is 3.80. The lowest BCUT2D eigenvalue weighted by Crippen LogP contribution is -2.18. The largest absolute Gasteiger partial charge is 0.381 e. The maximum Gasteiger partial charge on any atom is 0.226 e. The highest BCUT2D eigenvalue weighted by Crippen LogP contribution is 2.21. The molecule has 1 aromatic rings. The molecular weight excluding hydrogens is 250 g/mol. The highest BCUT2D eigenvalue weighted by atomic mass is 32.1. The van der Waals surface area contributed by atoms with Crippen LogP contribution >= 0.6 is 11.3 Å². The molecule has 0 radical (unpaired) electrons. The molecule has 6 heteroatoms. The molecule has 96 valence electrons. The Labute approximate surface area is 110 Å². The van der Waals surface area contributed by atoms with Crippen LogP contribution in [0.5, 0.6) is 0 Å². The Morgan fingerprint density at radius 3 is 3.06 bits per heavy atom. The van der Waals surface area contributed by atoms with Crippen molar-refractivity contribution in [2.24, 2.45) is 5.92 Å². The van der Waals surface area contributed by atoms with E-state index >= 15 is 0 Å². The summed E-state index contributed by atoms with van der Waals surface area (Å²) in [5.41, 5.74) is 0. The number of nitrogens with one attached hydrogen (secondary N) is 1. The molecule has 0 saturated carbocycles. The zero-order valence-electron chi connectivity index (χ0n) is 10.0. The second kappa shape index (κ2) is 6.47. The Hall–Kier alpha value is -1.45. The van der Waals surface area contributed by atoms with Gasteiger partial charge in [-0.25, -0.2) is 4.98 Å². The molecule has 5 nitrogen and oxygen atoms in total. The van der Waals surface area contributed by atoms with Crippen LogP contribution < -0.4 is 5.32 Å². The number of aromatic nitrogens is 1. The van der Waals surface area contributed by atoms with E-state index in [4.69, 9.17) is 10.00 Å². The molecular formula is C12H15N3O2S. The molecule has 2 rings (SSSR count). The third-order valence-electron chi connectivity index (χ3n) is 2.98. The van der Waals surface area contributed by atoms with E-state index in [1.807, 2.05) is 6.07 Å². The van der Waals surface area contributed by atoms with Crippen LogP contribution in [-0.4, -0.2) is 24.1 Å². The SMILES string of the molecule is N#Cc1cnc(NC(=O)CCC2CCOCC2)s1. The molecule has 0 unspecified atom stereocenters. The van der Waals surface area contributed by atoms with E-state index in [0.29, 0.717) is 22.3 Å². The van der Waals surface area contributed by atoms with Crippen LogP contribution in [0.15, 0.2) is 6.20 Å². The second-order valence-corrected chi connectivity index (χ2v) is 5.31. The lowest BCUT2D eigenvalue weighted by molar-refractivity contribution is -0.116. The number of nitrogens with zero attached hydrogens (tertiary/aromatic N) is 2. The number of carbonyl (C=O) groups is 1. The zero-order chi connectivity index (χ0) is 12.8. The van der Waals surface area contributed by atoms with Crippen LogP contribution in [0.4, 0.5) is 5.13 Å². The summed E-state index contributed by atoms with van der Waals surface area (Å²) in [4.78, 5) is 16.2. The maximum absolute atomic E-state index is 11.7. The first-order valence-electron chi connectivity index (χ1n) is 6.01. The summed E-state index contributed by atoms with van der Waals surface area (Å²) in [6.07, 6.45) is 4.96. The van der Waals surface area contributed by atoms with Crippen LogP contribution in [0.1, 0.15) is 30.6 Å². The van der Waals surface area contributed by atoms with Gasteiger partial charge in [-0.15, -0.1) is 0 Å². The predicted molar refractivity (Wildman–Crippen MR) is 68.2 cm³/mol. The molecule has 1 N–H and O–H groups in total. The maximum atomic E-state index is 11.7. The lowest BCUT2D eigenvalue weighted by atomic mass is 9.95. The van der Waals surface area contributed by atoms with Gasteiger partial charge < -0.3 is 10.1 Å². The number of thiazole rings is 1. The number of hydrogen-bond donors (Lipinski definition) is 1. The van der Waals surface area contributed by atoms with Gasteiger partial charge in [-0.3, -0.25) is 4.79 Å². The van der Waals surface area contributed by atoms with Gasteiger partial charge in [0.05, 0.1) is 6.20 Å². The van der Waals surface area contributed by atoms with Crippen molar-refractivity contribution in [1.82, 2.24) is 4.98 Å². The number of amides is 1. The smallest absolute Gasteiger partial charge is 0.226 e. The summed E-state index contributed by atoms with van der Waals surface area (Å²) in [6.45, 7) is 1.62. The van der Waals surface area contributed by atoms with E-state index in [2.05, 4.69) is 10.3 Å². The van der Waals surface area contributed by atoms with Crippen molar-refractivity contribution in [2.75, 3.05) is 18.5 Å². The number of carbonyl (C=O) groups excluding carboxylic acids is 1. The van der Waals surface area contributed by atoms with Crippen LogP contribution in [0.25, 0.3) is 0 Å². The minimum Gasteiger partial charge on any atom is -0.381 e. The predicted octanol–water partition coefficient (Wildman–Crippen LogP) is 2.16. The summed E-state index contributed by atoms with van der Waals surface area (Å²) >= 11 is 1.20. The molecule has 1 amide bonds. The third kappa shape index (κ3) is 3.79.